The highest BCUT2D eigenvalue weighted by molar-refractivity contribution is 5.82. The zero-order valence-corrected chi connectivity index (χ0v) is 16.3. The average Bonchev–Trinajstić information content (AvgIpc) is 2.78. The lowest BCUT2D eigenvalue weighted by molar-refractivity contribution is -0.143. The van der Waals surface area contributed by atoms with Gasteiger partial charge < -0.3 is 19.7 Å². The number of amides is 2. The molecule has 2 aromatic rings. The number of carbonyl (C=O) groups is 2. The second-order valence-corrected chi connectivity index (χ2v) is 7.23. The Morgan fingerprint density at radius 3 is 2.38 bits per heavy atom. The molecule has 1 saturated heterocycles. The Kier molecular flexibility index (Phi) is 5.95. The first-order valence-electron chi connectivity index (χ1n) is 9.89. The molecule has 1 atom stereocenters. The van der Waals surface area contributed by atoms with Crippen LogP contribution in [0.5, 0.6) is 11.5 Å². The highest BCUT2D eigenvalue weighted by Gasteiger charge is 2.32. The third-order valence-corrected chi connectivity index (χ3v) is 5.17. The van der Waals surface area contributed by atoms with Gasteiger partial charge in [0.25, 0.3) is 5.91 Å². The molecular formula is C22H25N3O4. The zero-order valence-electron chi connectivity index (χ0n) is 16.3. The van der Waals surface area contributed by atoms with Gasteiger partial charge in [0.1, 0.15) is 6.61 Å². The Balaban J connectivity index is 1.21. The number of benzene rings is 2. The number of ether oxygens (including phenoxy) is 2. The molecule has 29 heavy (non-hydrogen) atoms. The van der Waals surface area contributed by atoms with E-state index in [0.717, 1.165) is 5.56 Å². The van der Waals surface area contributed by atoms with Crippen LogP contribution in [0.2, 0.25) is 0 Å². The molecule has 0 radical (unpaired) electrons. The third kappa shape index (κ3) is 4.86. The smallest absolute Gasteiger partial charge is 0.267 e. The molecule has 2 heterocycles. The number of piperazine rings is 1. The summed E-state index contributed by atoms with van der Waals surface area (Å²) in [5.74, 6) is 1.20. The van der Waals surface area contributed by atoms with Crippen molar-refractivity contribution in [2.24, 2.45) is 0 Å². The van der Waals surface area contributed by atoms with Gasteiger partial charge in [0, 0.05) is 32.7 Å². The minimum atomic E-state index is -0.620. The molecule has 1 N–H and O–H groups in total. The quantitative estimate of drug-likeness (QED) is 0.826. The fourth-order valence-corrected chi connectivity index (χ4v) is 3.53. The first-order chi connectivity index (χ1) is 14.2. The summed E-state index contributed by atoms with van der Waals surface area (Å²) in [6.07, 6.45) is -0.620. The second kappa shape index (κ2) is 8.96. The van der Waals surface area contributed by atoms with E-state index in [-0.39, 0.29) is 18.4 Å². The van der Waals surface area contributed by atoms with Crippen LogP contribution in [0.1, 0.15) is 5.56 Å². The van der Waals surface area contributed by atoms with Crippen molar-refractivity contribution in [1.82, 2.24) is 15.1 Å². The number of rotatable bonds is 5. The molecule has 2 amide bonds. The fraction of sp³-hybridized carbons (Fsp3) is 0.364. The van der Waals surface area contributed by atoms with Crippen molar-refractivity contribution >= 4 is 11.8 Å². The van der Waals surface area contributed by atoms with Crippen molar-refractivity contribution < 1.29 is 19.1 Å². The van der Waals surface area contributed by atoms with Gasteiger partial charge in [0.2, 0.25) is 12.0 Å². The van der Waals surface area contributed by atoms with Crippen LogP contribution in [0.4, 0.5) is 0 Å². The van der Waals surface area contributed by atoms with Crippen LogP contribution in [0.25, 0.3) is 0 Å². The number of carbonyl (C=O) groups excluding carboxylic acids is 2. The summed E-state index contributed by atoms with van der Waals surface area (Å²) in [5, 5.41) is 2.94. The molecule has 0 aromatic heterocycles. The molecule has 7 heteroatoms. The summed E-state index contributed by atoms with van der Waals surface area (Å²) in [6, 6.07) is 17.2. The first kappa shape index (κ1) is 19.3. The number of hydrogen-bond acceptors (Lipinski definition) is 5. The molecule has 7 nitrogen and oxygen atoms in total. The summed E-state index contributed by atoms with van der Waals surface area (Å²) >= 11 is 0. The number of nitrogens with zero attached hydrogens (tertiary/aromatic N) is 2. The van der Waals surface area contributed by atoms with Gasteiger partial charge in [-0.25, -0.2) is 0 Å². The molecule has 0 unspecified atom stereocenters. The van der Waals surface area contributed by atoms with E-state index in [9.17, 15) is 9.59 Å². The third-order valence-electron chi connectivity index (χ3n) is 5.17. The Morgan fingerprint density at radius 1 is 0.931 bits per heavy atom. The Labute approximate surface area is 170 Å². The molecule has 0 aliphatic carbocycles. The van der Waals surface area contributed by atoms with Crippen molar-refractivity contribution in [3.8, 4) is 11.5 Å². The number of hydrogen-bond donors (Lipinski definition) is 1. The highest BCUT2D eigenvalue weighted by atomic mass is 16.6. The second-order valence-electron chi connectivity index (χ2n) is 7.23. The van der Waals surface area contributed by atoms with E-state index in [1.165, 1.54) is 0 Å². The average molecular weight is 395 g/mol. The van der Waals surface area contributed by atoms with Crippen LogP contribution in [0.15, 0.2) is 54.6 Å². The zero-order chi connectivity index (χ0) is 20.1. The van der Waals surface area contributed by atoms with E-state index >= 15 is 0 Å². The molecule has 0 spiro atoms. The molecule has 1 fully saturated rings. The van der Waals surface area contributed by atoms with E-state index in [1.54, 1.807) is 11.0 Å². The summed E-state index contributed by atoms with van der Waals surface area (Å²) in [5.41, 5.74) is 1.08. The summed E-state index contributed by atoms with van der Waals surface area (Å²) < 4.78 is 11.5. The van der Waals surface area contributed by atoms with Crippen LogP contribution in [-0.4, -0.2) is 67.0 Å². The van der Waals surface area contributed by atoms with Crippen molar-refractivity contribution in [1.29, 1.82) is 0 Å². The Morgan fingerprint density at radius 2 is 1.62 bits per heavy atom. The number of para-hydroxylation sites is 2. The predicted molar refractivity (Wildman–Crippen MR) is 108 cm³/mol. The van der Waals surface area contributed by atoms with E-state index in [4.69, 9.17) is 9.47 Å². The van der Waals surface area contributed by atoms with Gasteiger partial charge in [-0.05, 0) is 17.7 Å². The lowest BCUT2D eigenvalue weighted by atomic mass is 10.2. The molecule has 0 bridgehead atoms. The van der Waals surface area contributed by atoms with Crippen LogP contribution < -0.4 is 14.8 Å². The standard InChI is InChI=1S/C22H25N3O4/c26-21(23-14-17-6-2-1-3-7-17)15-24-10-12-25(13-11-24)22(27)20-16-28-18-8-4-5-9-19(18)29-20/h1-9,20H,10-16H2,(H,23,26)/t20-/m0/s1. The van der Waals surface area contributed by atoms with Crippen LogP contribution in [-0.2, 0) is 16.1 Å². The Hall–Kier alpha value is -3.06. The maximum Gasteiger partial charge on any atom is 0.267 e. The molecule has 2 aliphatic heterocycles. The fourth-order valence-electron chi connectivity index (χ4n) is 3.53. The van der Waals surface area contributed by atoms with Gasteiger partial charge in [0.05, 0.1) is 6.54 Å². The first-order valence-corrected chi connectivity index (χ1v) is 9.89. The molecule has 2 aliphatic rings. The molecule has 2 aromatic carbocycles. The summed E-state index contributed by atoms with van der Waals surface area (Å²) in [7, 11) is 0. The maximum atomic E-state index is 12.8. The van der Waals surface area contributed by atoms with Crippen molar-refractivity contribution in [3.05, 3.63) is 60.2 Å². The normalized spacial score (nSPS) is 18.9. The van der Waals surface area contributed by atoms with Gasteiger partial charge >= 0.3 is 0 Å². The molecule has 0 saturated carbocycles. The summed E-state index contributed by atoms with van der Waals surface area (Å²) in [4.78, 5) is 28.8. The lowest BCUT2D eigenvalue weighted by Crippen LogP contribution is -2.55. The van der Waals surface area contributed by atoms with E-state index in [1.807, 2.05) is 48.5 Å². The van der Waals surface area contributed by atoms with Gasteiger partial charge in [-0.1, -0.05) is 42.5 Å². The largest absolute Gasteiger partial charge is 0.485 e. The predicted octanol–water partition coefficient (Wildman–Crippen LogP) is 1.29. The van der Waals surface area contributed by atoms with E-state index in [0.29, 0.717) is 50.8 Å². The minimum absolute atomic E-state index is 0.00532. The van der Waals surface area contributed by atoms with Crippen molar-refractivity contribution in [2.75, 3.05) is 39.3 Å². The van der Waals surface area contributed by atoms with Gasteiger partial charge in [-0.2, -0.15) is 0 Å². The summed E-state index contributed by atoms with van der Waals surface area (Å²) in [6.45, 7) is 3.56. The Bertz CT molecular complexity index is 850. The molecule has 152 valence electrons. The monoisotopic (exact) mass is 395 g/mol. The van der Waals surface area contributed by atoms with Gasteiger partial charge in [-0.15, -0.1) is 0 Å². The molecular weight excluding hydrogens is 370 g/mol. The van der Waals surface area contributed by atoms with E-state index in [2.05, 4.69) is 10.2 Å². The van der Waals surface area contributed by atoms with Gasteiger partial charge in [0.15, 0.2) is 11.5 Å². The SMILES string of the molecule is O=C(CN1CCN(C(=O)[C@@H]2COc3ccccc3O2)CC1)NCc1ccccc1. The van der Waals surface area contributed by atoms with Crippen LogP contribution >= 0.6 is 0 Å². The number of fused-ring (bicyclic) bond motifs is 1. The van der Waals surface area contributed by atoms with Crippen molar-refractivity contribution in [3.63, 3.8) is 0 Å². The van der Waals surface area contributed by atoms with Crippen LogP contribution in [0.3, 0.4) is 0 Å². The highest BCUT2D eigenvalue weighted by Crippen LogP contribution is 2.31. The molecule has 4 rings (SSSR count). The van der Waals surface area contributed by atoms with Crippen LogP contribution in [0, 0.1) is 0 Å². The van der Waals surface area contributed by atoms with E-state index < -0.39 is 6.10 Å². The topological polar surface area (TPSA) is 71.1 Å². The number of nitrogens with one attached hydrogen (secondary N) is 1. The maximum absolute atomic E-state index is 12.8. The minimum Gasteiger partial charge on any atom is -0.485 e. The lowest BCUT2D eigenvalue weighted by Gasteiger charge is -2.36. The van der Waals surface area contributed by atoms with Gasteiger partial charge in [-0.3, -0.25) is 14.5 Å². The van der Waals surface area contributed by atoms with Crippen molar-refractivity contribution in [2.45, 2.75) is 12.6 Å².